The van der Waals surface area contributed by atoms with Crippen molar-refractivity contribution in [3.63, 3.8) is 0 Å². The topological polar surface area (TPSA) is 113 Å². The van der Waals surface area contributed by atoms with E-state index in [-0.39, 0.29) is 4.90 Å². The van der Waals surface area contributed by atoms with E-state index in [0.717, 1.165) is 14.9 Å². The Morgan fingerprint density at radius 3 is 2.09 bits per heavy atom. The van der Waals surface area contributed by atoms with Gasteiger partial charge in [-0.1, -0.05) is 24.3 Å². The molecule has 0 saturated carbocycles. The van der Waals surface area contributed by atoms with Gasteiger partial charge < -0.3 is 10.1 Å². The average molecular weight is 504 g/mol. The summed E-state index contributed by atoms with van der Waals surface area (Å²) in [5.74, 6) is -0.0954. The number of anilines is 3. The summed E-state index contributed by atoms with van der Waals surface area (Å²) in [7, 11) is -4.69. The van der Waals surface area contributed by atoms with Gasteiger partial charge in [-0.25, -0.2) is 16.8 Å². The van der Waals surface area contributed by atoms with Gasteiger partial charge in [0, 0.05) is 12.7 Å². The fraction of sp³-hybridized carbons (Fsp3) is 0.174. The van der Waals surface area contributed by atoms with Gasteiger partial charge in [0.25, 0.3) is 10.0 Å². The van der Waals surface area contributed by atoms with E-state index in [9.17, 15) is 21.6 Å². The van der Waals surface area contributed by atoms with Gasteiger partial charge in [-0.3, -0.25) is 13.4 Å². The molecule has 1 N–H and O–H groups in total. The summed E-state index contributed by atoms with van der Waals surface area (Å²) in [5, 5.41) is 2.64. The highest BCUT2D eigenvalue weighted by Crippen LogP contribution is 2.25. The molecule has 0 aliphatic carbocycles. The molecule has 0 atom stereocenters. The number of methoxy groups -OCH3 is 1. The molecule has 0 aromatic heterocycles. The Kier molecular flexibility index (Phi) is 7.48. The Balaban J connectivity index is 1.88. The molecule has 0 spiro atoms. The molecule has 0 saturated heterocycles. The van der Waals surface area contributed by atoms with E-state index in [1.807, 2.05) is 0 Å². The average Bonchev–Trinajstić information content (AvgIpc) is 2.82. The van der Waals surface area contributed by atoms with E-state index in [2.05, 4.69) is 5.32 Å². The van der Waals surface area contributed by atoms with Crippen LogP contribution in [0.5, 0.6) is 5.75 Å². The number of sulfonamides is 2. The van der Waals surface area contributed by atoms with Gasteiger partial charge in [0.05, 0.1) is 29.6 Å². The van der Waals surface area contributed by atoms with Crippen LogP contribution in [-0.4, -0.2) is 49.7 Å². The van der Waals surface area contributed by atoms with E-state index in [1.165, 1.54) is 44.5 Å². The van der Waals surface area contributed by atoms with Crippen molar-refractivity contribution in [3.05, 3.63) is 78.9 Å². The summed E-state index contributed by atoms with van der Waals surface area (Å²) in [5.41, 5.74) is 0.998. The summed E-state index contributed by atoms with van der Waals surface area (Å²) < 4.78 is 57.6. The maximum absolute atomic E-state index is 13.4. The first kappa shape index (κ1) is 25.1. The molecule has 0 fully saturated rings. The maximum atomic E-state index is 13.4. The number of carbonyl (C=O) groups excluding carboxylic acids is 1. The number of nitrogens with zero attached hydrogens (tertiary/aromatic N) is 2. The minimum absolute atomic E-state index is 0.00160. The second kappa shape index (κ2) is 10.1. The van der Waals surface area contributed by atoms with Crippen LogP contribution in [0.15, 0.2) is 83.8 Å². The number of rotatable bonds is 9. The minimum atomic E-state index is -4.08. The molecule has 0 radical (unpaired) electrons. The van der Waals surface area contributed by atoms with E-state index in [4.69, 9.17) is 4.74 Å². The Morgan fingerprint density at radius 1 is 0.882 bits per heavy atom. The van der Waals surface area contributed by atoms with Crippen LogP contribution in [0.4, 0.5) is 17.1 Å². The number of para-hydroxylation sites is 1. The van der Waals surface area contributed by atoms with Crippen LogP contribution in [0.1, 0.15) is 0 Å². The third-order valence-corrected chi connectivity index (χ3v) is 7.96. The van der Waals surface area contributed by atoms with Gasteiger partial charge in [-0.15, -0.1) is 0 Å². The lowest BCUT2D eigenvalue weighted by Gasteiger charge is -2.24. The second-order valence-electron chi connectivity index (χ2n) is 7.35. The van der Waals surface area contributed by atoms with Crippen molar-refractivity contribution in [1.82, 2.24) is 0 Å². The van der Waals surface area contributed by atoms with Crippen LogP contribution in [0.2, 0.25) is 0 Å². The van der Waals surface area contributed by atoms with Crippen LogP contribution in [0, 0.1) is 0 Å². The first-order chi connectivity index (χ1) is 16.0. The smallest absolute Gasteiger partial charge is 0.264 e. The summed E-state index contributed by atoms with van der Waals surface area (Å²) in [6.07, 6.45) is 1.07. The molecule has 3 rings (SSSR count). The second-order valence-corrected chi connectivity index (χ2v) is 11.2. The Labute approximate surface area is 199 Å². The largest absolute Gasteiger partial charge is 0.497 e. The van der Waals surface area contributed by atoms with Gasteiger partial charge in [-0.05, 0) is 54.6 Å². The molecule has 0 unspecified atom stereocenters. The van der Waals surface area contributed by atoms with Crippen LogP contribution >= 0.6 is 0 Å². The zero-order valence-electron chi connectivity index (χ0n) is 18.9. The van der Waals surface area contributed by atoms with E-state index in [1.54, 1.807) is 48.5 Å². The Morgan fingerprint density at radius 2 is 1.50 bits per heavy atom. The fourth-order valence-corrected chi connectivity index (χ4v) is 5.00. The summed E-state index contributed by atoms with van der Waals surface area (Å²) in [6, 6.07) is 20.4. The highest BCUT2D eigenvalue weighted by Gasteiger charge is 2.27. The maximum Gasteiger partial charge on any atom is 0.264 e. The molecular weight excluding hydrogens is 478 g/mol. The molecule has 0 bridgehead atoms. The van der Waals surface area contributed by atoms with Gasteiger partial charge >= 0.3 is 0 Å². The lowest BCUT2D eigenvalue weighted by Crippen LogP contribution is -2.38. The van der Waals surface area contributed by atoms with E-state index >= 15 is 0 Å². The van der Waals surface area contributed by atoms with Crippen LogP contribution < -0.4 is 18.7 Å². The first-order valence-corrected chi connectivity index (χ1v) is 13.4. The molecule has 34 heavy (non-hydrogen) atoms. The van der Waals surface area contributed by atoms with Crippen LogP contribution in [0.25, 0.3) is 0 Å². The molecule has 180 valence electrons. The summed E-state index contributed by atoms with van der Waals surface area (Å²) in [4.78, 5) is 12.9. The number of benzene rings is 3. The quantitative estimate of drug-likeness (QED) is 0.480. The standard InChI is InChI=1S/C23H25N3O6S2/c1-25(33(3,28)29)20-11-7-8-18(16-20)24-23(27)17-26(19-9-5-4-6-10-19)34(30,31)22-14-12-21(32-2)13-15-22/h4-16H,17H2,1-3H3,(H,24,27). The van der Waals surface area contributed by atoms with Gasteiger partial charge in [0.1, 0.15) is 12.3 Å². The number of hydrogen-bond acceptors (Lipinski definition) is 6. The number of nitrogens with one attached hydrogen (secondary N) is 1. The lowest BCUT2D eigenvalue weighted by atomic mass is 10.2. The van der Waals surface area contributed by atoms with Crippen LogP contribution in [-0.2, 0) is 24.8 Å². The predicted molar refractivity (Wildman–Crippen MR) is 132 cm³/mol. The van der Waals surface area contributed by atoms with Gasteiger partial charge in [0.15, 0.2) is 0 Å². The fourth-order valence-electron chi connectivity index (χ4n) is 3.09. The zero-order chi connectivity index (χ0) is 24.9. The molecular formula is C23H25N3O6S2. The SMILES string of the molecule is COc1ccc(S(=O)(=O)N(CC(=O)Nc2cccc(N(C)S(C)(=O)=O)c2)c2ccccc2)cc1. The number of ether oxygens (including phenoxy) is 1. The van der Waals surface area contributed by atoms with Gasteiger partial charge in [-0.2, -0.15) is 0 Å². The summed E-state index contributed by atoms with van der Waals surface area (Å²) in [6.45, 7) is -0.496. The van der Waals surface area contributed by atoms with Crippen molar-refractivity contribution in [3.8, 4) is 5.75 Å². The lowest BCUT2D eigenvalue weighted by molar-refractivity contribution is -0.114. The van der Waals surface area contributed by atoms with Crippen molar-refractivity contribution in [2.45, 2.75) is 4.90 Å². The molecule has 1 amide bonds. The van der Waals surface area contributed by atoms with Crippen molar-refractivity contribution < 1.29 is 26.4 Å². The van der Waals surface area contributed by atoms with E-state index in [0.29, 0.717) is 22.8 Å². The summed E-state index contributed by atoms with van der Waals surface area (Å²) >= 11 is 0. The van der Waals surface area contributed by atoms with Crippen molar-refractivity contribution in [1.29, 1.82) is 0 Å². The predicted octanol–water partition coefficient (Wildman–Crippen LogP) is 2.93. The first-order valence-electron chi connectivity index (χ1n) is 10.1. The molecule has 0 aliphatic rings. The third kappa shape index (κ3) is 5.86. The van der Waals surface area contributed by atoms with Crippen LogP contribution in [0.3, 0.4) is 0 Å². The molecule has 0 aliphatic heterocycles. The highest BCUT2D eigenvalue weighted by molar-refractivity contribution is 7.93. The van der Waals surface area contributed by atoms with Crippen molar-refractivity contribution in [2.24, 2.45) is 0 Å². The van der Waals surface area contributed by atoms with Gasteiger partial charge in [0.2, 0.25) is 15.9 Å². The number of carbonyl (C=O) groups is 1. The van der Waals surface area contributed by atoms with Crippen molar-refractivity contribution >= 4 is 43.0 Å². The van der Waals surface area contributed by atoms with E-state index < -0.39 is 32.5 Å². The highest BCUT2D eigenvalue weighted by atomic mass is 32.2. The van der Waals surface area contributed by atoms with Crippen molar-refractivity contribution in [2.75, 3.05) is 40.9 Å². The monoisotopic (exact) mass is 503 g/mol. The minimum Gasteiger partial charge on any atom is -0.497 e. The Hall–Kier alpha value is -3.57. The Bertz CT molecular complexity index is 1360. The third-order valence-electron chi connectivity index (χ3n) is 4.97. The zero-order valence-corrected chi connectivity index (χ0v) is 20.5. The number of amides is 1. The number of hydrogen-bond donors (Lipinski definition) is 1. The molecule has 9 nitrogen and oxygen atoms in total. The molecule has 3 aromatic rings. The molecule has 3 aromatic carbocycles. The molecule has 11 heteroatoms. The normalized spacial score (nSPS) is 11.5. The molecule has 0 heterocycles.